The Hall–Kier alpha value is -2.29. The lowest BCUT2D eigenvalue weighted by molar-refractivity contribution is 0.0992. The minimum Gasteiger partial charge on any atom is -0.494 e. The lowest BCUT2D eigenvalue weighted by Gasteiger charge is -2.09. The molecular weight excluding hydrogens is 370 g/mol. The van der Waals surface area contributed by atoms with Gasteiger partial charge in [-0.2, -0.15) is 0 Å². The summed E-state index contributed by atoms with van der Waals surface area (Å²) in [5.41, 5.74) is 9.58. The van der Waals surface area contributed by atoms with Crippen LogP contribution in [0.4, 0.5) is 0 Å². The zero-order valence-electron chi connectivity index (χ0n) is 18.6. The van der Waals surface area contributed by atoms with Crippen molar-refractivity contribution in [3.05, 3.63) is 54.1 Å². The van der Waals surface area contributed by atoms with Crippen LogP contribution in [0.3, 0.4) is 0 Å². The molecule has 1 N–H and O–H groups in total. The largest absolute Gasteiger partial charge is 0.494 e. The summed E-state index contributed by atoms with van der Waals surface area (Å²) < 4.78 is 5.86. The standard InChI is InChI=1S/C27H38NO2/c1-2-3-4-5-6-7-8-9-10-11-12-15-22-30-24-20-18-23(19-21-24)25-16-13-14-17-26(25)27(28)29/h13-14,16-21,28H,2-12,15,22H2,1H3. The third-order valence-electron chi connectivity index (χ3n) is 5.60. The fourth-order valence-corrected chi connectivity index (χ4v) is 3.80. The predicted molar refractivity (Wildman–Crippen MR) is 126 cm³/mol. The Bertz CT molecular complexity index is 724. The van der Waals surface area contributed by atoms with Crippen LogP contribution in [0.2, 0.25) is 0 Å². The van der Waals surface area contributed by atoms with Gasteiger partial charge in [-0.15, -0.1) is 0 Å². The molecule has 0 fully saturated rings. The molecule has 0 aliphatic carbocycles. The van der Waals surface area contributed by atoms with Gasteiger partial charge in [0.1, 0.15) is 5.75 Å². The summed E-state index contributed by atoms with van der Waals surface area (Å²) in [4.78, 5) is 11.5. The van der Waals surface area contributed by atoms with Crippen LogP contribution >= 0.6 is 0 Å². The number of carbonyl (C=O) groups excluding carboxylic acids is 1. The molecule has 2 rings (SSSR count). The van der Waals surface area contributed by atoms with E-state index >= 15 is 0 Å². The predicted octanol–water partition coefficient (Wildman–Crippen LogP) is 7.86. The van der Waals surface area contributed by atoms with E-state index in [1.54, 1.807) is 12.1 Å². The van der Waals surface area contributed by atoms with Gasteiger partial charge in [0, 0.05) is 5.56 Å². The number of hydrogen-bond donors (Lipinski definition) is 0. The molecule has 0 atom stereocenters. The van der Waals surface area contributed by atoms with Crippen molar-refractivity contribution in [3.8, 4) is 16.9 Å². The molecule has 0 aliphatic rings. The number of hydrogen-bond acceptors (Lipinski definition) is 2. The summed E-state index contributed by atoms with van der Waals surface area (Å²) >= 11 is 0. The molecule has 30 heavy (non-hydrogen) atoms. The molecule has 0 spiro atoms. The number of amides is 1. The summed E-state index contributed by atoms with van der Waals surface area (Å²) in [7, 11) is 0. The van der Waals surface area contributed by atoms with E-state index in [1.165, 1.54) is 70.6 Å². The third-order valence-corrected chi connectivity index (χ3v) is 5.60. The topological polar surface area (TPSA) is 50.1 Å². The van der Waals surface area contributed by atoms with Crippen LogP contribution in [0.25, 0.3) is 11.1 Å². The smallest absolute Gasteiger partial charge is 0.270 e. The molecule has 163 valence electrons. The molecular formula is C27H38NO2. The summed E-state index contributed by atoms with van der Waals surface area (Å²) in [6, 6.07) is 15.1. The van der Waals surface area contributed by atoms with Gasteiger partial charge < -0.3 is 4.74 Å². The summed E-state index contributed by atoms with van der Waals surface area (Å²) in [6.45, 7) is 3.02. The van der Waals surface area contributed by atoms with Gasteiger partial charge >= 0.3 is 0 Å². The number of unbranched alkanes of at least 4 members (excludes halogenated alkanes) is 11. The second-order valence-corrected chi connectivity index (χ2v) is 8.14. The van der Waals surface area contributed by atoms with Gasteiger partial charge in [0.15, 0.2) is 0 Å². The van der Waals surface area contributed by atoms with Crippen LogP contribution in [0.5, 0.6) is 5.75 Å². The molecule has 0 aromatic heterocycles. The van der Waals surface area contributed by atoms with Crippen molar-refractivity contribution < 1.29 is 9.53 Å². The molecule has 1 amide bonds. The summed E-state index contributed by atoms with van der Waals surface area (Å²) in [5, 5.41) is 0. The first-order valence-electron chi connectivity index (χ1n) is 11.8. The molecule has 1 radical (unpaired) electrons. The van der Waals surface area contributed by atoms with Crippen LogP contribution in [0, 0.1) is 0 Å². The Kier molecular flexibility index (Phi) is 11.7. The van der Waals surface area contributed by atoms with Crippen molar-refractivity contribution in [2.45, 2.75) is 84.0 Å². The van der Waals surface area contributed by atoms with Crippen molar-refractivity contribution in [2.75, 3.05) is 6.61 Å². The van der Waals surface area contributed by atoms with E-state index < -0.39 is 5.91 Å². The van der Waals surface area contributed by atoms with Gasteiger partial charge in [-0.3, -0.25) is 10.5 Å². The van der Waals surface area contributed by atoms with E-state index in [0.717, 1.165) is 29.9 Å². The number of ether oxygens (including phenoxy) is 1. The Balaban J connectivity index is 1.56. The molecule has 0 heterocycles. The highest BCUT2D eigenvalue weighted by molar-refractivity contribution is 5.99. The lowest BCUT2D eigenvalue weighted by Crippen LogP contribution is -2.01. The minimum absolute atomic E-state index is 0.433. The van der Waals surface area contributed by atoms with Crippen LogP contribution in [0.1, 0.15) is 94.3 Å². The zero-order chi connectivity index (χ0) is 21.4. The average molecular weight is 409 g/mol. The highest BCUT2D eigenvalue weighted by Crippen LogP contribution is 2.26. The van der Waals surface area contributed by atoms with E-state index in [4.69, 9.17) is 10.5 Å². The van der Waals surface area contributed by atoms with Gasteiger partial charge in [0.05, 0.1) is 6.61 Å². The fourth-order valence-electron chi connectivity index (χ4n) is 3.80. The summed E-state index contributed by atoms with van der Waals surface area (Å²) in [6.07, 6.45) is 16.1. The molecule has 3 nitrogen and oxygen atoms in total. The first-order chi connectivity index (χ1) is 14.7. The van der Waals surface area contributed by atoms with Crippen molar-refractivity contribution in [1.29, 1.82) is 0 Å². The van der Waals surface area contributed by atoms with E-state index in [9.17, 15) is 4.79 Å². The average Bonchev–Trinajstić information content (AvgIpc) is 2.77. The lowest BCUT2D eigenvalue weighted by atomic mass is 9.99. The van der Waals surface area contributed by atoms with Gasteiger partial charge in [0.2, 0.25) is 0 Å². The second-order valence-electron chi connectivity index (χ2n) is 8.14. The van der Waals surface area contributed by atoms with E-state index in [1.807, 2.05) is 36.4 Å². The van der Waals surface area contributed by atoms with Gasteiger partial charge in [-0.25, -0.2) is 0 Å². The molecule has 0 aliphatic heterocycles. The number of carbonyl (C=O) groups is 1. The highest BCUT2D eigenvalue weighted by atomic mass is 16.5. The van der Waals surface area contributed by atoms with E-state index in [0.29, 0.717) is 5.56 Å². The monoisotopic (exact) mass is 408 g/mol. The third kappa shape index (κ3) is 9.02. The minimum atomic E-state index is -0.655. The number of benzene rings is 2. The first-order valence-corrected chi connectivity index (χ1v) is 11.8. The van der Waals surface area contributed by atoms with Crippen molar-refractivity contribution >= 4 is 5.91 Å². The van der Waals surface area contributed by atoms with Crippen molar-refractivity contribution in [1.82, 2.24) is 5.73 Å². The SMILES string of the molecule is CCCCCCCCCCCCCCOc1ccc(-c2ccccc2C([NH])=O)cc1. The molecule has 0 saturated heterocycles. The number of rotatable bonds is 16. The Morgan fingerprint density at radius 1 is 0.733 bits per heavy atom. The van der Waals surface area contributed by atoms with Crippen LogP contribution in [-0.4, -0.2) is 12.5 Å². The molecule has 3 heteroatoms. The molecule has 2 aromatic rings. The highest BCUT2D eigenvalue weighted by Gasteiger charge is 2.09. The van der Waals surface area contributed by atoms with Crippen LogP contribution in [0.15, 0.2) is 48.5 Å². The van der Waals surface area contributed by atoms with Gasteiger partial charge in [0.25, 0.3) is 5.91 Å². The van der Waals surface area contributed by atoms with Crippen LogP contribution in [-0.2, 0) is 0 Å². The number of nitrogens with one attached hydrogen (secondary N) is 1. The molecule has 2 aromatic carbocycles. The van der Waals surface area contributed by atoms with E-state index in [2.05, 4.69) is 6.92 Å². The van der Waals surface area contributed by atoms with Crippen molar-refractivity contribution in [2.24, 2.45) is 0 Å². The Morgan fingerprint density at radius 2 is 1.27 bits per heavy atom. The van der Waals surface area contributed by atoms with Crippen LogP contribution < -0.4 is 10.5 Å². The molecule has 0 bridgehead atoms. The second kappa shape index (κ2) is 14.7. The maximum atomic E-state index is 11.5. The quantitative estimate of drug-likeness (QED) is 0.265. The zero-order valence-corrected chi connectivity index (χ0v) is 18.6. The fraction of sp³-hybridized carbons (Fsp3) is 0.519. The Morgan fingerprint density at radius 3 is 1.83 bits per heavy atom. The Labute approximate surface area is 183 Å². The first kappa shape index (κ1) is 24.0. The normalized spacial score (nSPS) is 10.8. The maximum Gasteiger partial charge on any atom is 0.270 e. The summed E-state index contributed by atoms with van der Waals surface area (Å²) in [5.74, 6) is 0.203. The van der Waals surface area contributed by atoms with E-state index in [-0.39, 0.29) is 0 Å². The van der Waals surface area contributed by atoms with Crippen molar-refractivity contribution in [3.63, 3.8) is 0 Å². The maximum absolute atomic E-state index is 11.5. The van der Waals surface area contributed by atoms with Gasteiger partial charge in [-0.1, -0.05) is 108 Å². The van der Waals surface area contributed by atoms with Gasteiger partial charge in [-0.05, 0) is 35.7 Å². The molecule has 0 unspecified atom stereocenters. The molecule has 0 saturated carbocycles.